The van der Waals surface area contributed by atoms with Crippen LogP contribution in [0, 0.1) is 5.92 Å². The summed E-state index contributed by atoms with van der Waals surface area (Å²) in [7, 11) is 0. The molecular weight excluding hydrogens is 256 g/mol. The molecule has 1 aliphatic heterocycles. The maximum atomic E-state index is 10.9. The number of fused-ring (bicyclic) bond motifs is 1. The lowest BCUT2D eigenvalue weighted by Crippen LogP contribution is -2.20. The van der Waals surface area contributed by atoms with Gasteiger partial charge in [-0.3, -0.25) is 4.40 Å². The molecule has 0 aromatic carbocycles. The SMILES string of the molecule is CCN1CCC(Cc2nnc3cc(C(=O)O)ccn23)C1. The lowest BCUT2D eigenvalue weighted by Gasteiger charge is -2.12. The van der Waals surface area contributed by atoms with E-state index in [2.05, 4.69) is 22.0 Å². The average Bonchev–Trinajstić information content (AvgIpc) is 3.06. The van der Waals surface area contributed by atoms with E-state index in [1.165, 1.54) is 6.42 Å². The van der Waals surface area contributed by atoms with Crippen molar-refractivity contribution in [3.63, 3.8) is 0 Å². The summed E-state index contributed by atoms with van der Waals surface area (Å²) in [6, 6.07) is 3.15. The first-order valence-corrected chi connectivity index (χ1v) is 6.96. The molecule has 20 heavy (non-hydrogen) atoms. The Morgan fingerprint density at radius 2 is 2.35 bits per heavy atom. The fourth-order valence-electron chi connectivity index (χ4n) is 2.84. The number of aromatic carboxylic acids is 1. The molecule has 0 amide bonds. The highest BCUT2D eigenvalue weighted by atomic mass is 16.4. The minimum atomic E-state index is -0.938. The van der Waals surface area contributed by atoms with E-state index in [0.29, 0.717) is 11.6 Å². The van der Waals surface area contributed by atoms with Gasteiger partial charge in [-0.05, 0) is 37.6 Å². The van der Waals surface area contributed by atoms with Crippen LogP contribution in [0.15, 0.2) is 18.3 Å². The topological polar surface area (TPSA) is 70.7 Å². The third-order valence-electron chi connectivity index (χ3n) is 4.02. The number of carbonyl (C=O) groups is 1. The monoisotopic (exact) mass is 274 g/mol. The second kappa shape index (κ2) is 5.20. The molecule has 3 heterocycles. The number of carboxylic acids is 1. The molecule has 6 nitrogen and oxygen atoms in total. The molecule has 2 aromatic heterocycles. The van der Waals surface area contributed by atoms with E-state index in [1.54, 1.807) is 18.3 Å². The molecule has 1 saturated heterocycles. The van der Waals surface area contributed by atoms with Crippen LogP contribution in [-0.2, 0) is 6.42 Å². The summed E-state index contributed by atoms with van der Waals surface area (Å²) in [5.74, 6) is 0.591. The van der Waals surface area contributed by atoms with E-state index in [1.807, 2.05) is 4.40 Å². The molecule has 1 unspecified atom stereocenters. The Balaban J connectivity index is 1.81. The van der Waals surface area contributed by atoms with Crippen molar-refractivity contribution in [3.05, 3.63) is 29.7 Å². The van der Waals surface area contributed by atoms with Gasteiger partial charge in [0.15, 0.2) is 5.65 Å². The van der Waals surface area contributed by atoms with Gasteiger partial charge in [0.2, 0.25) is 0 Å². The molecule has 0 bridgehead atoms. The zero-order chi connectivity index (χ0) is 14.1. The molecule has 3 rings (SSSR count). The van der Waals surface area contributed by atoms with E-state index in [0.717, 1.165) is 31.9 Å². The Labute approximate surface area is 117 Å². The Morgan fingerprint density at radius 1 is 1.50 bits per heavy atom. The van der Waals surface area contributed by atoms with Crippen LogP contribution in [0.1, 0.15) is 29.5 Å². The standard InChI is InChI=1S/C14H18N4O2/c1-2-17-5-3-10(9-17)7-12-15-16-13-8-11(14(19)20)4-6-18(12)13/h4,6,8,10H,2-3,5,7,9H2,1H3,(H,19,20). The minimum absolute atomic E-state index is 0.245. The predicted molar refractivity (Wildman–Crippen MR) is 73.9 cm³/mol. The number of likely N-dealkylation sites (tertiary alicyclic amines) is 1. The van der Waals surface area contributed by atoms with Crippen LogP contribution in [0.2, 0.25) is 0 Å². The molecule has 1 N–H and O–H groups in total. The molecule has 0 saturated carbocycles. The van der Waals surface area contributed by atoms with Gasteiger partial charge in [0.05, 0.1) is 5.56 Å². The Kier molecular flexibility index (Phi) is 3.40. The Morgan fingerprint density at radius 3 is 3.05 bits per heavy atom. The molecule has 0 radical (unpaired) electrons. The molecule has 106 valence electrons. The molecule has 6 heteroatoms. The summed E-state index contributed by atoms with van der Waals surface area (Å²) in [4.78, 5) is 13.4. The predicted octanol–water partition coefficient (Wildman–Crippen LogP) is 1.31. The van der Waals surface area contributed by atoms with Gasteiger partial charge in [0.1, 0.15) is 5.82 Å². The van der Waals surface area contributed by atoms with Gasteiger partial charge in [-0.25, -0.2) is 4.79 Å². The van der Waals surface area contributed by atoms with Crippen molar-refractivity contribution in [2.75, 3.05) is 19.6 Å². The minimum Gasteiger partial charge on any atom is -0.478 e. The van der Waals surface area contributed by atoms with Crippen molar-refractivity contribution in [1.82, 2.24) is 19.5 Å². The Bertz CT molecular complexity index is 637. The van der Waals surface area contributed by atoms with Gasteiger partial charge < -0.3 is 10.0 Å². The van der Waals surface area contributed by atoms with Crippen molar-refractivity contribution >= 4 is 11.6 Å². The summed E-state index contributed by atoms with van der Waals surface area (Å²) in [5.41, 5.74) is 0.847. The molecular formula is C14H18N4O2. The van der Waals surface area contributed by atoms with E-state index in [9.17, 15) is 4.79 Å². The summed E-state index contributed by atoms with van der Waals surface area (Å²) in [6.07, 6.45) is 3.83. The third-order valence-corrected chi connectivity index (χ3v) is 4.02. The van der Waals surface area contributed by atoms with Crippen molar-refractivity contribution in [2.45, 2.75) is 19.8 Å². The molecule has 0 spiro atoms. The van der Waals surface area contributed by atoms with Crippen LogP contribution in [0.4, 0.5) is 0 Å². The highest BCUT2D eigenvalue weighted by Gasteiger charge is 2.23. The van der Waals surface area contributed by atoms with Crippen molar-refractivity contribution in [3.8, 4) is 0 Å². The van der Waals surface area contributed by atoms with E-state index in [-0.39, 0.29) is 5.56 Å². The lowest BCUT2D eigenvalue weighted by molar-refractivity contribution is 0.0697. The molecule has 2 aromatic rings. The van der Waals surface area contributed by atoms with E-state index < -0.39 is 5.97 Å². The summed E-state index contributed by atoms with van der Waals surface area (Å²) >= 11 is 0. The summed E-state index contributed by atoms with van der Waals surface area (Å²) in [6.45, 7) is 5.54. The van der Waals surface area contributed by atoms with Crippen LogP contribution in [0.3, 0.4) is 0 Å². The second-order valence-corrected chi connectivity index (χ2v) is 5.32. The third kappa shape index (κ3) is 2.38. The molecule has 0 aliphatic carbocycles. The van der Waals surface area contributed by atoms with Crippen LogP contribution >= 0.6 is 0 Å². The van der Waals surface area contributed by atoms with Crippen LogP contribution in [-0.4, -0.2) is 50.2 Å². The van der Waals surface area contributed by atoms with E-state index >= 15 is 0 Å². The smallest absolute Gasteiger partial charge is 0.335 e. The number of hydrogen-bond acceptors (Lipinski definition) is 4. The highest BCUT2D eigenvalue weighted by Crippen LogP contribution is 2.20. The fourth-order valence-corrected chi connectivity index (χ4v) is 2.84. The van der Waals surface area contributed by atoms with Crippen LogP contribution in [0.25, 0.3) is 5.65 Å². The lowest BCUT2D eigenvalue weighted by atomic mass is 10.0. The zero-order valence-corrected chi connectivity index (χ0v) is 11.5. The molecule has 1 aliphatic rings. The summed E-state index contributed by atoms with van der Waals surface area (Å²) in [5, 5.41) is 17.3. The largest absolute Gasteiger partial charge is 0.478 e. The first-order chi connectivity index (χ1) is 9.67. The van der Waals surface area contributed by atoms with Gasteiger partial charge in [0, 0.05) is 19.2 Å². The average molecular weight is 274 g/mol. The van der Waals surface area contributed by atoms with Gasteiger partial charge in [-0.15, -0.1) is 10.2 Å². The molecule has 1 atom stereocenters. The number of rotatable bonds is 4. The Hall–Kier alpha value is -1.95. The quantitative estimate of drug-likeness (QED) is 0.910. The van der Waals surface area contributed by atoms with Crippen molar-refractivity contribution in [2.24, 2.45) is 5.92 Å². The van der Waals surface area contributed by atoms with Gasteiger partial charge in [-0.1, -0.05) is 6.92 Å². The normalized spacial score (nSPS) is 19.8. The van der Waals surface area contributed by atoms with Gasteiger partial charge >= 0.3 is 5.97 Å². The number of pyridine rings is 1. The maximum absolute atomic E-state index is 10.9. The summed E-state index contributed by atoms with van der Waals surface area (Å²) < 4.78 is 1.89. The number of aromatic nitrogens is 3. The fraction of sp³-hybridized carbons (Fsp3) is 0.500. The number of hydrogen-bond donors (Lipinski definition) is 1. The number of nitrogens with zero attached hydrogens (tertiary/aromatic N) is 4. The van der Waals surface area contributed by atoms with Gasteiger partial charge in [0.25, 0.3) is 0 Å². The zero-order valence-electron chi connectivity index (χ0n) is 11.5. The first-order valence-electron chi connectivity index (χ1n) is 6.96. The second-order valence-electron chi connectivity index (χ2n) is 5.32. The highest BCUT2D eigenvalue weighted by molar-refractivity contribution is 5.88. The van der Waals surface area contributed by atoms with Crippen molar-refractivity contribution < 1.29 is 9.90 Å². The van der Waals surface area contributed by atoms with Crippen LogP contribution < -0.4 is 0 Å². The van der Waals surface area contributed by atoms with Crippen molar-refractivity contribution in [1.29, 1.82) is 0 Å². The van der Waals surface area contributed by atoms with Crippen LogP contribution in [0.5, 0.6) is 0 Å². The van der Waals surface area contributed by atoms with Gasteiger partial charge in [-0.2, -0.15) is 0 Å². The molecule has 1 fully saturated rings. The number of carboxylic acid groups (broad SMARTS) is 1. The maximum Gasteiger partial charge on any atom is 0.335 e. The first kappa shape index (κ1) is 13.1. The van der Waals surface area contributed by atoms with E-state index in [4.69, 9.17) is 5.11 Å².